The first-order chi connectivity index (χ1) is 12.8. The fourth-order valence-electron chi connectivity index (χ4n) is 2.79. The lowest BCUT2D eigenvalue weighted by atomic mass is 10.0. The van der Waals surface area contributed by atoms with Gasteiger partial charge in [0.25, 0.3) is 0 Å². The van der Waals surface area contributed by atoms with E-state index in [0.717, 1.165) is 11.1 Å². The molecule has 1 N–H and O–H groups in total. The van der Waals surface area contributed by atoms with Gasteiger partial charge in [0, 0.05) is 12.6 Å². The maximum atomic E-state index is 12.3. The van der Waals surface area contributed by atoms with Gasteiger partial charge in [0.2, 0.25) is 0 Å². The highest BCUT2D eigenvalue weighted by Gasteiger charge is 2.16. The summed E-state index contributed by atoms with van der Waals surface area (Å²) in [6, 6.07) is 29.9. The lowest BCUT2D eigenvalue weighted by molar-refractivity contribution is -0.145. The summed E-state index contributed by atoms with van der Waals surface area (Å²) in [5.74, 6) is -0.205. The fraction of sp³-hybridized carbons (Fsp3) is 0.174. The van der Waals surface area contributed by atoms with Crippen LogP contribution in [0.1, 0.15) is 29.2 Å². The van der Waals surface area contributed by atoms with Crippen molar-refractivity contribution in [1.29, 1.82) is 0 Å². The molecule has 0 aliphatic rings. The molecular weight excluding hydrogens is 322 g/mol. The molecule has 0 bridgehead atoms. The largest absolute Gasteiger partial charge is 0.461 e. The van der Waals surface area contributed by atoms with Gasteiger partial charge >= 0.3 is 5.97 Å². The van der Waals surface area contributed by atoms with Gasteiger partial charge in [-0.05, 0) is 16.7 Å². The number of hydrogen-bond acceptors (Lipinski definition) is 3. The molecule has 26 heavy (non-hydrogen) atoms. The van der Waals surface area contributed by atoms with Crippen LogP contribution in [-0.4, -0.2) is 5.97 Å². The molecule has 3 nitrogen and oxygen atoms in total. The third-order valence-corrected chi connectivity index (χ3v) is 4.21. The average Bonchev–Trinajstić information content (AvgIpc) is 2.72. The highest BCUT2D eigenvalue weighted by atomic mass is 16.5. The summed E-state index contributed by atoms with van der Waals surface area (Å²) < 4.78 is 5.45. The third kappa shape index (κ3) is 5.57. The van der Waals surface area contributed by atoms with E-state index in [0.29, 0.717) is 19.6 Å². The van der Waals surface area contributed by atoms with Gasteiger partial charge in [0.05, 0.1) is 6.42 Å². The Hall–Kier alpha value is -2.91. The summed E-state index contributed by atoms with van der Waals surface area (Å²) in [5.41, 5.74) is 3.26. The van der Waals surface area contributed by atoms with E-state index in [1.807, 2.05) is 78.9 Å². The van der Waals surface area contributed by atoms with Crippen molar-refractivity contribution in [2.45, 2.75) is 25.6 Å². The maximum absolute atomic E-state index is 12.3. The van der Waals surface area contributed by atoms with Gasteiger partial charge in [-0.15, -0.1) is 0 Å². The van der Waals surface area contributed by atoms with E-state index in [1.54, 1.807) is 0 Å². The van der Waals surface area contributed by atoms with Crippen LogP contribution >= 0.6 is 0 Å². The zero-order valence-corrected chi connectivity index (χ0v) is 14.7. The molecule has 0 aliphatic carbocycles. The average molecular weight is 345 g/mol. The number of carbonyl (C=O) groups excluding carboxylic acids is 1. The number of rotatable bonds is 8. The van der Waals surface area contributed by atoms with Crippen molar-refractivity contribution >= 4 is 5.97 Å². The van der Waals surface area contributed by atoms with E-state index in [4.69, 9.17) is 4.74 Å². The number of ether oxygens (including phenoxy) is 1. The molecule has 132 valence electrons. The Balaban J connectivity index is 1.60. The Labute approximate surface area is 154 Å². The quantitative estimate of drug-likeness (QED) is 0.604. The normalized spacial score (nSPS) is 11.7. The van der Waals surface area contributed by atoms with Crippen molar-refractivity contribution in [2.75, 3.05) is 0 Å². The van der Waals surface area contributed by atoms with E-state index in [1.165, 1.54) is 5.56 Å². The lowest BCUT2D eigenvalue weighted by Gasteiger charge is -2.19. The van der Waals surface area contributed by atoms with Crippen LogP contribution in [0.3, 0.4) is 0 Å². The summed E-state index contributed by atoms with van der Waals surface area (Å²) >= 11 is 0. The molecule has 3 aromatic carbocycles. The first kappa shape index (κ1) is 17.9. The SMILES string of the molecule is O=C(CC(NCc1ccccc1)c1ccccc1)OCc1ccccc1. The van der Waals surface area contributed by atoms with Crippen molar-refractivity contribution in [3.8, 4) is 0 Å². The molecule has 0 amide bonds. The second kappa shape index (κ2) is 9.54. The minimum Gasteiger partial charge on any atom is -0.461 e. The molecule has 1 unspecified atom stereocenters. The van der Waals surface area contributed by atoms with E-state index in [9.17, 15) is 4.79 Å². The molecule has 0 saturated carbocycles. The van der Waals surface area contributed by atoms with Crippen molar-refractivity contribution in [3.05, 3.63) is 108 Å². The second-order valence-electron chi connectivity index (χ2n) is 6.18. The molecular formula is C23H23NO2. The topological polar surface area (TPSA) is 38.3 Å². The molecule has 1 atom stereocenters. The van der Waals surface area contributed by atoms with Gasteiger partial charge in [-0.3, -0.25) is 4.79 Å². The Morgan fingerprint density at radius 2 is 1.31 bits per heavy atom. The summed E-state index contributed by atoms with van der Waals surface area (Å²) in [6.45, 7) is 1.01. The standard InChI is InChI=1S/C23H23NO2/c25-23(26-18-20-12-6-2-7-13-20)16-22(21-14-8-3-9-15-21)24-17-19-10-4-1-5-11-19/h1-15,22,24H,16-18H2. The predicted octanol–water partition coefficient (Wildman–Crippen LogP) is 4.65. The zero-order chi connectivity index (χ0) is 18.0. The van der Waals surface area contributed by atoms with Crippen LogP contribution in [0.4, 0.5) is 0 Å². The van der Waals surface area contributed by atoms with Gasteiger partial charge in [-0.1, -0.05) is 91.0 Å². The summed E-state index contributed by atoms with van der Waals surface area (Å²) in [4.78, 5) is 12.3. The van der Waals surface area contributed by atoms with E-state index < -0.39 is 0 Å². The first-order valence-electron chi connectivity index (χ1n) is 8.83. The van der Waals surface area contributed by atoms with Crippen molar-refractivity contribution in [2.24, 2.45) is 0 Å². The summed E-state index contributed by atoms with van der Waals surface area (Å²) in [5, 5.41) is 3.48. The van der Waals surface area contributed by atoms with Gasteiger partial charge < -0.3 is 10.1 Å². The second-order valence-corrected chi connectivity index (χ2v) is 6.18. The van der Waals surface area contributed by atoms with E-state index >= 15 is 0 Å². The highest BCUT2D eigenvalue weighted by Crippen LogP contribution is 2.18. The van der Waals surface area contributed by atoms with Gasteiger partial charge in [0.15, 0.2) is 0 Å². The summed E-state index contributed by atoms with van der Waals surface area (Å²) in [7, 11) is 0. The molecule has 3 heteroatoms. The van der Waals surface area contributed by atoms with Crippen molar-refractivity contribution in [1.82, 2.24) is 5.32 Å². The van der Waals surface area contributed by atoms with Gasteiger partial charge in [-0.25, -0.2) is 0 Å². The Morgan fingerprint density at radius 3 is 1.92 bits per heavy atom. The Morgan fingerprint density at radius 1 is 0.769 bits per heavy atom. The predicted molar refractivity (Wildman–Crippen MR) is 103 cm³/mol. The molecule has 0 fully saturated rings. The molecule has 3 rings (SSSR count). The van der Waals surface area contributed by atoms with Gasteiger partial charge in [-0.2, -0.15) is 0 Å². The van der Waals surface area contributed by atoms with Crippen LogP contribution in [0.2, 0.25) is 0 Å². The number of carbonyl (C=O) groups is 1. The maximum Gasteiger partial charge on any atom is 0.308 e. The number of esters is 1. The van der Waals surface area contributed by atoms with Crippen LogP contribution < -0.4 is 5.32 Å². The molecule has 0 saturated heterocycles. The summed E-state index contributed by atoms with van der Waals surface area (Å²) in [6.07, 6.45) is 0.295. The first-order valence-corrected chi connectivity index (χ1v) is 8.83. The fourth-order valence-corrected chi connectivity index (χ4v) is 2.79. The monoisotopic (exact) mass is 345 g/mol. The van der Waals surface area contributed by atoms with E-state index in [-0.39, 0.29) is 12.0 Å². The van der Waals surface area contributed by atoms with Crippen LogP contribution in [0.15, 0.2) is 91.0 Å². The lowest BCUT2D eigenvalue weighted by Crippen LogP contribution is -2.24. The minimum atomic E-state index is -0.205. The molecule has 3 aromatic rings. The molecule has 0 heterocycles. The Kier molecular flexibility index (Phi) is 6.57. The van der Waals surface area contributed by atoms with Crippen LogP contribution in [-0.2, 0) is 22.7 Å². The van der Waals surface area contributed by atoms with Crippen LogP contribution in [0, 0.1) is 0 Å². The number of benzene rings is 3. The van der Waals surface area contributed by atoms with Crippen LogP contribution in [0.25, 0.3) is 0 Å². The van der Waals surface area contributed by atoms with Gasteiger partial charge in [0.1, 0.15) is 6.61 Å². The molecule has 0 spiro atoms. The molecule has 0 aliphatic heterocycles. The van der Waals surface area contributed by atoms with Crippen molar-refractivity contribution < 1.29 is 9.53 Å². The highest BCUT2D eigenvalue weighted by molar-refractivity contribution is 5.70. The molecule has 0 aromatic heterocycles. The molecule has 0 radical (unpaired) electrons. The van der Waals surface area contributed by atoms with E-state index in [2.05, 4.69) is 17.4 Å². The smallest absolute Gasteiger partial charge is 0.308 e. The Bertz CT molecular complexity index is 788. The van der Waals surface area contributed by atoms with Crippen molar-refractivity contribution in [3.63, 3.8) is 0 Å². The minimum absolute atomic E-state index is 0.0836. The number of nitrogens with one attached hydrogen (secondary N) is 1. The number of hydrogen-bond donors (Lipinski definition) is 1. The third-order valence-electron chi connectivity index (χ3n) is 4.21. The van der Waals surface area contributed by atoms with Crippen LogP contribution in [0.5, 0.6) is 0 Å². The zero-order valence-electron chi connectivity index (χ0n) is 14.7.